The summed E-state index contributed by atoms with van der Waals surface area (Å²) in [5.74, 6) is -1.69. The van der Waals surface area contributed by atoms with E-state index in [1.54, 1.807) is 36.4 Å². The van der Waals surface area contributed by atoms with Crippen LogP contribution >= 0.6 is 15.9 Å². The molecule has 1 fully saturated rings. The summed E-state index contributed by atoms with van der Waals surface area (Å²) in [7, 11) is 0. The number of hydrogen-bond acceptors (Lipinski definition) is 5. The van der Waals surface area contributed by atoms with Crippen molar-refractivity contribution < 1.29 is 14.7 Å². The molecule has 2 heterocycles. The predicted molar refractivity (Wildman–Crippen MR) is 112 cm³/mol. The van der Waals surface area contributed by atoms with E-state index in [2.05, 4.69) is 25.9 Å². The molecule has 0 spiro atoms. The molecule has 1 aliphatic heterocycles. The Balaban J connectivity index is 1.95. The lowest BCUT2D eigenvalue weighted by Crippen LogP contribution is -2.31. The fourth-order valence-corrected chi connectivity index (χ4v) is 3.73. The lowest BCUT2D eigenvalue weighted by molar-refractivity contribution is -0.132. The number of aromatic nitrogens is 2. The number of aliphatic hydroxyl groups excluding tert-OH is 1. The van der Waals surface area contributed by atoms with E-state index in [1.165, 1.54) is 17.3 Å². The Labute approximate surface area is 175 Å². The molecule has 1 unspecified atom stereocenters. The summed E-state index contributed by atoms with van der Waals surface area (Å²) < 4.78 is 0.782. The number of aliphatic hydroxyl groups is 1. The maximum absolute atomic E-state index is 13.0. The van der Waals surface area contributed by atoms with Crippen LogP contribution in [0.4, 0.5) is 5.95 Å². The van der Waals surface area contributed by atoms with Crippen LogP contribution in [0.5, 0.6) is 0 Å². The number of ketones is 1. The van der Waals surface area contributed by atoms with Gasteiger partial charge in [0.2, 0.25) is 5.95 Å². The van der Waals surface area contributed by atoms with Crippen molar-refractivity contribution >= 4 is 39.3 Å². The van der Waals surface area contributed by atoms with Gasteiger partial charge in [-0.1, -0.05) is 57.9 Å². The largest absolute Gasteiger partial charge is 0.507 e. The van der Waals surface area contributed by atoms with Gasteiger partial charge in [0.05, 0.1) is 11.6 Å². The fourth-order valence-electron chi connectivity index (χ4n) is 3.31. The van der Waals surface area contributed by atoms with Gasteiger partial charge in [-0.25, -0.2) is 9.97 Å². The van der Waals surface area contributed by atoms with Crippen molar-refractivity contribution in [2.75, 3.05) is 4.90 Å². The van der Waals surface area contributed by atoms with Gasteiger partial charge < -0.3 is 5.11 Å². The highest BCUT2D eigenvalue weighted by molar-refractivity contribution is 9.10. The number of aryl methyl sites for hydroxylation is 1. The maximum atomic E-state index is 13.0. The maximum Gasteiger partial charge on any atom is 0.302 e. The summed E-state index contributed by atoms with van der Waals surface area (Å²) in [6.45, 7) is 1.93. The first kappa shape index (κ1) is 19.0. The summed E-state index contributed by atoms with van der Waals surface area (Å²) in [6, 6.07) is 15.1. The number of Topliss-reactive ketones (excluding diaryl/α,β-unsaturated/α-hetero) is 1. The predicted octanol–water partition coefficient (Wildman–Crippen LogP) is 4.17. The Morgan fingerprint density at radius 3 is 2.38 bits per heavy atom. The molecular formula is C22H16BrN3O3. The Hall–Kier alpha value is -3.32. The molecule has 0 radical (unpaired) electrons. The van der Waals surface area contributed by atoms with Crippen LogP contribution in [0.1, 0.15) is 22.7 Å². The number of halogens is 1. The Morgan fingerprint density at radius 1 is 1.03 bits per heavy atom. The molecule has 0 bridgehead atoms. The van der Waals surface area contributed by atoms with Crippen LogP contribution in [-0.4, -0.2) is 26.8 Å². The SMILES string of the molecule is Cc1ccc(C(O)=C2C(=O)C(=O)N(c3ncccn3)C2c2cccc(Br)c2)cc1. The van der Waals surface area contributed by atoms with Crippen molar-refractivity contribution in [3.8, 4) is 0 Å². The molecule has 1 saturated heterocycles. The number of carbonyl (C=O) groups excluding carboxylic acids is 2. The van der Waals surface area contributed by atoms with Gasteiger partial charge in [-0.3, -0.25) is 14.5 Å². The van der Waals surface area contributed by atoms with Crippen molar-refractivity contribution in [1.29, 1.82) is 0 Å². The number of anilines is 1. The van der Waals surface area contributed by atoms with E-state index in [-0.39, 0.29) is 17.3 Å². The van der Waals surface area contributed by atoms with Crippen molar-refractivity contribution in [3.63, 3.8) is 0 Å². The molecule has 1 atom stereocenters. The van der Waals surface area contributed by atoms with E-state index in [0.29, 0.717) is 11.1 Å². The number of benzene rings is 2. The van der Waals surface area contributed by atoms with Gasteiger partial charge in [0, 0.05) is 22.4 Å². The second kappa shape index (κ2) is 7.60. The summed E-state index contributed by atoms with van der Waals surface area (Å²) >= 11 is 3.43. The molecule has 2 aromatic carbocycles. The quantitative estimate of drug-likeness (QED) is 0.368. The lowest BCUT2D eigenvalue weighted by Gasteiger charge is -2.23. The minimum absolute atomic E-state index is 0.00408. The zero-order valence-electron chi connectivity index (χ0n) is 15.4. The van der Waals surface area contributed by atoms with Crippen LogP contribution in [0.15, 0.2) is 77.0 Å². The number of carbonyl (C=O) groups is 2. The molecule has 6 nitrogen and oxygen atoms in total. The summed E-state index contributed by atoms with van der Waals surface area (Å²) in [6.07, 6.45) is 3.00. The first-order valence-electron chi connectivity index (χ1n) is 8.88. The molecule has 0 aliphatic carbocycles. The molecule has 1 aliphatic rings. The van der Waals surface area contributed by atoms with Gasteiger partial charge in [0.15, 0.2) is 0 Å². The van der Waals surface area contributed by atoms with Crippen LogP contribution in [0.2, 0.25) is 0 Å². The molecule has 144 valence electrons. The summed E-state index contributed by atoms with van der Waals surface area (Å²) in [5, 5.41) is 11.0. The Kier molecular flexibility index (Phi) is 4.98. The van der Waals surface area contributed by atoms with Crippen LogP contribution < -0.4 is 4.90 Å². The highest BCUT2D eigenvalue weighted by Gasteiger charge is 2.48. The Morgan fingerprint density at radius 2 is 1.72 bits per heavy atom. The lowest BCUT2D eigenvalue weighted by atomic mass is 9.95. The standard InChI is InChI=1S/C22H16BrN3O3/c1-13-6-8-14(9-7-13)19(27)17-18(15-4-2-5-16(23)12-15)26(21(29)20(17)28)22-24-10-3-11-25-22/h2-12,18,27H,1H3. The third kappa shape index (κ3) is 3.45. The second-order valence-electron chi connectivity index (χ2n) is 6.64. The van der Waals surface area contributed by atoms with Crippen molar-refractivity contribution in [2.45, 2.75) is 13.0 Å². The Bertz CT molecular complexity index is 1130. The smallest absolute Gasteiger partial charge is 0.302 e. The van der Waals surface area contributed by atoms with Gasteiger partial charge in [-0.05, 0) is 30.7 Å². The average Bonchev–Trinajstić information content (AvgIpc) is 2.99. The van der Waals surface area contributed by atoms with E-state index in [1.807, 2.05) is 25.1 Å². The molecule has 1 amide bonds. The van der Waals surface area contributed by atoms with E-state index < -0.39 is 17.7 Å². The minimum Gasteiger partial charge on any atom is -0.507 e. The molecule has 0 saturated carbocycles. The van der Waals surface area contributed by atoms with E-state index in [4.69, 9.17) is 0 Å². The zero-order valence-corrected chi connectivity index (χ0v) is 17.0. The van der Waals surface area contributed by atoms with Crippen molar-refractivity contribution in [3.05, 3.63) is 93.7 Å². The van der Waals surface area contributed by atoms with Gasteiger partial charge >= 0.3 is 5.91 Å². The molecule has 3 aromatic rings. The third-order valence-corrected chi connectivity index (χ3v) is 5.19. The fraction of sp³-hybridized carbons (Fsp3) is 0.0909. The zero-order chi connectivity index (χ0) is 20.5. The first-order chi connectivity index (χ1) is 14.0. The highest BCUT2D eigenvalue weighted by atomic mass is 79.9. The molecule has 1 aromatic heterocycles. The molecule has 1 N–H and O–H groups in total. The number of hydrogen-bond donors (Lipinski definition) is 1. The van der Waals surface area contributed by atoms with Crippen molar-refractivity contribution in [1.82, 2.24) is 9.97 Å². The van der Waals surface area contributed by atoms with E-state index in [0.717, 1.165) is 10.0 Å². The van der Waals surface area contributed by atoms with E-state index in [9.17, 15) is 14.7 Å². The molecule has 29 heavy (non-hydrogen) atoms. The number of amides is 1. The van der Waals surface area contributed by atoms with Crippen molar-refractivity contribution in [2.24, 2.45) is 0 Å². The van der Waals surface area contributed by atoms with Crippen LogP contribution in [0.3, 0.4) is 0 Å². The van der Waals surface area contributed by atoms with Gasteiger partial charge in [0.25, 0.3) is 5.78 Å². The summed E-state index contributed by atoms with van der Waals surface area (Å²) in [5.41, 5.74) is 2.13. The first-order valence-corrected chi connectivity index (χ1v) is 9.67. The van der Waals surface area contributed by atoms with Crippen LogP contribution in [0, 0.1) is 6.92 Å². The molecule has 7 heteroatoms. The normalized spacial score (nSPS) is 18.3. The highest BCUT2D eigenvalue weighted by Crippen LogP contribution is 2.41. The van der Waals surface area contributed by atoms with Gasteiger partial charge in [-0.2, -0.15) is 0 Å². The van der Waals surface area contributed by atoms with Crippen LogP contribution in [-0.2, 0) is 9.59 Å². The summed E-state index contributed by atoms with van der Waals surface area (Å²) in [4.78, 5) is 35.4. The topological polar surface area (TPSA) is 83.4 Å². The second-order valence-corrected chi connectivity index (χ2v) is 7.55. The van der Waals surface area contributed by atoms with Gasteiger partial charge in [-0.15, -0.1) is 0 Å². The number of rotatable bonds is 3. The van der Waals surface area contributed by atoms with Crippen LogP contribution in [0.25, 0.3) is 5.76 Å². The minimum atomic E-state index is -0.851. The molecular weight excluding hydrogens is 434 g/mol. The molecule has 4 rings (SSSR count). The number of nitrogens with zero attached hydrogens (tertiary/aromatic N) is 3. The monoisotopic (exact) mass is 449 g/mol. The third-order valence-electron chi connectivity index (χ3n) is 4.70. The average molecular weight is 450 g/mol. The van der Waals surface area contributed by atoms with E-state index >= 15 is 0 Å². The van der Waals surface area contributed by atoms with Gasteiger partial charge in [0.1, 0.15) is 5.76 Å².